The van der Waals surface area contributed by atoms with Crippen LogP contribution in [0, 0.1) is 0 Å². The van der Waals surface area contributed by atoms with Crippen LogP contribution in [-0.2, 0) is 0 Å². The van der Waals surface area contributed by atoms with Crippen molar-refractivity contribution in [2.24, 2.45) is 0 Å². The lowest BCUT2D eigenvalue weighted by molar-refractivity contribution is -0.0889. The molecule has 0 amide bonds. The Morgan fingerprint density at radius 3 is 1.77 bits per heavy atom. The summed E-state index contributed by atoms with van der Waals surface area (Å²) in [4.78, 5) is 0. The average Bonchev–Trinajstić information content (AvgIpc) is 1.81. The van der Waals surface area contributed by atoms with Crippen LogP contribution in [0.25, 0.3) is 0 Å². The summed E-state index contributed by atoms with van der Waals surface area (Å²) < 4.78 is 36.8. The second-order valence-electron chi connectivity index (χ2n) is 3.09. The first-order valence-electron chi connectivity index (χ1n) is 3.83. The lowest BCUT2D eigenvalue weighted by Crippen LogP contribution is -2.11. The Balaban J connectivity index is 4.89. The van der Waals surface area contributed by atoms with Gasteiger partial charge < -0.3 is 0 Å². The molecule has 0 aliphatic carbocycles. The molecule has 0 radical (unpaired) electrons. The molecule has 0 aliphatic rings. The first-order chi connectivity index (χ1) is 5.75. The number of halogens is 3. The van der Waals surface area contributed by atoms with Gasteiger partial charge in [-0.3, -0.25) is 0 Å². The predicted octanol–water partition coefficient (Wildman–Crippen LogP) is 4.02. The second kappa shape index (κ2) is 4.30. The maximum atomic E-state index is 12.3. The molecule has 0 bridgehead atoms. The molecule has 3 heteroatoms. The van der Waals surface area contributed by atoms with Crippen molar-refractivity contribution in [1.29, 1.82) is 0 Å². The highest BCUT2D eigenvalue weighted by molar-refractivity contribution is 5.31. The van der Waals surface area contributed by atoms with Crippen molar-refractivity contribution in [3.63, 3.8) is 0 Å². The van der Waals surface area contributed by atoms with E-state index in [1.807, 2.05) is 0 Å². The fourth-order valence-corrected chi connectivity index (χ4v) is 0.770. The number of hydrogen-bond donors (Lipinski definition) is 0. The standard InChI is InChI=1S/C10H13F3/c1-7(2)5-6-9(8(3)4)10(11,12)13/h5-6H,1H2,2-4H3/b6-5-. The van der Waals surface area contributed by atoms with Crippen LogP contribution >= 0.6 is 0 Å². The van der Waals surface area contributed by atoms with Crippen molar-refractivity contribution in [2.45, 2.75) is 26.9 Å². The van der Waals surface area contributed by atoms with E-state index < -0.39 is 11.7 Å². The molecule has 0 saturated heterocycles. The van der Waals surface area contributed by atoms with Gasteiger partial charge in [0.15, 0.2) is 0 Å². The number of allylic oxidation sites excluding steroid dienone is 5. The summed E-state index contributed by atoms with van der Waals surface area (Å²) in [6.07, 6.45) is -1.86. The third-order valence-corrected chi connectivity index (χ3v) is 1.38. The molecule has 0 heterocycles. The molecule has 13 heavy (non-hydrogen) atoms. The monoisotopic (exact) mass is 190 g/mol. The van der Waals surface area contributed by atoms with E-state index in [4.69, 9.17) is 0 Å². The van der Waals surface area contributed by atoms with Gasteiger partial charge in [-0.1, -0.05) is 23.8 Å². The summed E-state index contributed by atoms with van der Waals surface area (Å²) in [5.74, 6) is 0. The number of alkyl halides is 3. The SMILES string of the molecule is C=C(C)/C=C\C(=C(C)C)C(F)(F)F. The van der Waals surface area contributed by atoms with Crippen molar-refractivity contribution >= 4 is 0 Å². The zero-order valence-electron chi connectivity index (χ0n) is 8.00. The van der Waals surface area contributed by atoms with Gasteiger partial charge >= 0.3 is 6.18 Å². The molecular weight excluding hydrogens is 177 g/mol. The molecule has 0 aliphatic heterocycles. The Kier molecular flexibility index (Phi) is 3.98. The largest absolute Gasteiger partial charge is 0.416 e. The van der Waals surface area contributed by atoms with Crippen LogP contribution in [0.2, 0.25) is 0 Å². The Bertz CT molecular complexity index is 250. The fourth-order valence-electron chi connectivity index (χ4n) is 0.770. The smallest absolute Gasteiger partial charge is 0.166 e. The maximum Gasteiger partial charge on any atom is 0.416 e. The highest BCUT2D eigenvalue weighted by Crippen LogP contribution is 2.29. The minimum Gasteiger partial charge on any atom is -0.166 e. The van der Waals surface area contributed by atoms with Gasteiger partial charge in [0, 0.05) is 0 Å². The Morgan fingerprint density at radius 2 is 1.54 bits per heavy atom. The molecule has 0 rings (SSSR count). The van der Waals surface area contributed by atoms with Crippen LogP contribution in [0.3, 0.4) is 0 Å². The highest BCUT2D eigenvalue weighted by Gasteiger charge is 2.32. The molecule has 0 fully saturated rings. The molecular formula is C10H13F3. The molecule has 0 saturated carbocycles. The van der Waals surface area contributed by atoms with Crippen molar-refractivity contribution in [1.82, 2.24) is 0 Å². The molecule has 0 aromatic carbocycles. The summed E-state index contributed by atoms with van der Waals surface area (Å²) in [6.45, 7) is 8.01. The molecule has 0 atom stereocenters. The van der Waals surface area contributed by atoms with E-state index >= 15 is 0 Å². The van der Waals surface area contributed by atoms with Crippen molar-refractivity contribution < 1.29 is 13.2 Å². The minimum atomic E-state index is -4.27. The zero-order valence-corrected chi connectivity index (χ0v) is 8.00. The van der Waals surface area contributed by atoms with E-state index in [1.54, 1.807) is 6.92 Å². The highest BCUT2D eigenvalue weighted by atomic mass is 19.4. The lowest BCUT2D eigenvalue weighted by Gasteiger charge is -2.09. The molecule has 0 spiro atoms. The lowest BCUT2D eigenvalue weighted by atomic mass is 10.1. The molecule has 0 N–H and O–H groups in total. The average molecular weight is 190 g/mol. The van der Waals surface area contributed by atoms with E-state index in [0.29, 0.717) is 5.57 Å². The van der Waals surface area contributed by atoms with Crippen LogP contribution in [0.5, 0.6) is 0 Å². The maximum absolute atomic E-state index is 12.3. The fraction of sp³-hybridized carbons (Fsp3) is 0.400. The molecule has 74 valence electrons. The quantitative estimate of drug-likeness (QED) is 0.577. The van der Waals surface area contributed by atoms with Gasteiger partial charge in [-0.15, -0.1) is 0 Å². The van der Waals surface area contributed by atoms with Crippen molar-refractivity contribution in [3.05, 3.63) is 35.5 Å². The van der Waals surface area contributed by atoms with Crippen LogP contribution in [-0.4, -0.2) is 6.18 Å². The third kappa shape index (κ3) is 4.55. The molecule has 0 aromatic rings. The summed E-state index contributed by atoms with van der Waals surface area (Å²) in [6, 6.07) is 0. The minimum absolute atomic E-state index is 0.255. The zero-order chi connectivity index (χ0) is 10.6. The van der Waals surface area contributed by atoms with Crippen molar-refractivity contribution in [2.75, 3.05) is 0 Å². The Morgan fingerprint density at radius 1 is 1.08 bits per heavy atom. The van der Waals surface area contributed by atoms with Gasteiger partial charge in [-0.25, -0.2) is 0 Å². The predicted molar refractivity (Wildman–Crippen MR) is 48.4 cm³/mol. The van der Waals surface area contributed by atoms with E-state index in [-0.39, 0.29) is 5.57 Å². The molecule has 0 nitrogen and oxygen atoms in total. The van der Waals surface area contributed by atoms with E-state index in [2.05, 4.69) is 6.58 Å². The van der Waals surface area contributed by atoms with Gasteiger partial charge in [0.25, 0.3) is 0 Å². The van der Waals surface area contributed by atoms with Gasteiger partial charge in [-0.2, -0.15) is 13.2 Å². The Hall–Kier alpha value is -0.990. The normalized spacial score (nSPS) is 11.8. The van der Waals surface area contributed by atoms with Crippen LogP contribution in [0.4, 0.5) is 13.2 Å². The summed E-state index contributed by atoms with van der Waals surface area (Å²) in [7, 11) is 0. The topological polar surface area (TPSA) is 0 Å². The molecule has 0 aromatic heterocycles. The van der Waals surface area contributed by atoms with Gasteiger partial charge in [-0.05, 0) is 26.8 Å². The van der Waals surface area contributed by atoms with E-state index in [1.165, 1.54) is 19.9 Å². The number of hydrogen-bond acceptors (Lipinski definition) is 0. The van der Waals surface area contributed by atoms with E-state index in [9.17, 15) is 13.2 Å². The van der Waals surface area contributed by atoms with Crippen LogP contribution in [0.15, 0.2) is 35.5 Å². The first-order valence-corrected chi connectivity index (χ1v) is 3.83. The number of rotatable bonds is 2. The van der Waals surface area contributed by atoms with E-state index in [0.717, 1.165) is 6.08 Å². The third-order valence-electron chi connectivity index (χ3n) is 1.38. The van der Waals surface area contributed by atoms with Crippen LogP contribution < -0.4 is 0 Å². The molecule has 0 unspecified atom stereocenters. The Labute approximate surface area is 76.5 Å². The first kappa shape index (κ1) is 12.0. The van der Waals surface area contributed by atoms with Gasteiger partial charge in [0.05, 0.1) is 5.57 Å². The second-order valence-corrected chi connectivity index (χ2v) is 3.09. The van der Waals surface area contributed by atoms with Crippen LogP contribution in [0.1, 0.15) is 20.8 Å². The summed E-state index contributed by atoms with van der Waals surface area (Å²) in [5, 5.41) is 0. The van der Waals surface area contributed by atoms with Crippen molar-refractivity contribution in [3.8, 4) is 0 Å². The van der Waals surface area contributed by atoms with Gasteiger partial charge in [0.2, 0.25) is 0 Å². The summed E-state index contributed by atoms with van der Waals surface area (Å²) >= 11 is 0. The van der Waals surface area contributed by atoms with Gasteiger partial charge in [0.1, 0.15) is 0 Å². The summed E-state index contributed by atoms with van der Waals surface area (Å²) in [5.41, 5.74) is 0.253.